The van der Waals surface area contributed by atoms with Gasteiger partial charge >= 0.3 is 0 Å². The molecule has 0 aliphatic rings. The molecular weight excluding hydrogens is 278 g/mol. The van der Waals surface area contributed by atoms with Crippen LogP contribution in [-0.2, 0) is 13.0 Å². The first-order chi connectivity index (χ1) is 11.4. The van der Waals surface area contributed by atoms with Crippen molar-refractivity contribution >= 4 is 0 Å². The predicted octanol–water partition coefficient (Wildman–Crippen LogP) is 6.63. The first-order valence-corrected chi connectivity index (χ1v) is 10.3. The molecule has 0 spiro atoms. The Balaban J connectivity index is 2.06. The third kappa shape index (κ3) is 11.3. The monoisotopic (exact) mass is 318 g/mol. The maximum Gasteiger partial charge on any atom is 0.171 e. The van der Waals surface area contributed by atoms with Crippen molar-refractivity contribution < 1.29 is 4.57 Å². The molecule has 0 amide bonds. The minimum Gasteiger partial charge on any atom is -0.205 e. The second-order valence-corrected chi connectivity index (χ2v) is 7.09. The Morgan fingerprint density at radius 1 is 0.696 bits per heavy atom. The molecule has 0 unspecified atom stereocenters. The highest BCUT2D eigenvalue weighted by Crippen LogP contribution is 2.10. The summed E-state index contributed by atoms with van der Waals surface area (Å²) in [6.07, 6.45) is 24.0. The van der Waals surface area contributed by atoms with Gasteiger partial charge in [0.1, 0.15) is 6.54 Å². The van der Waals surface area contributed by atoms with Crippen molar-refractivity contribution in [3.8, 4) is 0 Å². The predicted molar refractivity (Wildman–Crippen MR) is 102 cm³/mol. The van der Waals surface area contributed by atoms with Crippen LogP contribution in [0.3, 0.4) is 0 Å². The number of aromatic nitrogens is 1. The van der Waals surface area contributed by atoms with Gasteiger partial charge in [-0.25, -0.2) is 4.57 Å². The highest BCUT2D eigenvalue weighted by atomic mass is 14.9. The van der Waals surface area contributed by atoms with Gasteiger partial charge in [-0.2, -0.15) is 0 Å². The van der Waals surface area contributed by atoms with Crippen LogP contribution in [-0.4, -0.2) is 0 Å². The van der Waals surface area contributed by atoms with Crippen LogP contribution in [0.4, 0.5) is 0 Å². The lowest BCUT2D eigenvalue weighted by atomic mass is 10.1. The fourth-order valence-electron chi connectivity index (χ4n) is 3.22. The van der Waals surface area contributed by atoms with Crippen LogP contribution in [0.1, 0.15) is 103 Å². The van der Waals surface area contributed by atoms with Crippen molar-refractivity contribution in [2.24, 2.45) is 0 Å². The lowest BCUT2D eigenvalue weighted by molar-refractivity contribution is -0.697. The van der Waals surface area contributed by atoms with Crippen molar-refractivity contribution in [2.75, 3.05) is 0 Å². The van der Waals surface area contributed by atoms with Crippen molar-refractivity contribution in [3.63, 3.8) is 0 Å². The average Bonchev–Trinajstić information content (AvgIpc) is 2.58. The van der Waals surface area contributed by atoms with Crippen LogP contribution in [0, 0.1) is 0 Å². The molecule has 0 aliphatic heterocycles. The average molecular weight is 319 g/mol. The number of nitrogens with zero attached hydrogens (tertiary/aromatic N) is 1. The Bertz CT molecular complexity index is 372. The summed E-state index contributed by atoms with van der Waals surface area (Å²) in [4.78, 5) is 0. The quantitative estimate of drug-likeness (QED) is 0.252. The largest absolute Gasteiger partial charge is 0.205 e. The van der Waals surface area contributed by atoms with E-state index >= 15 is 0 Å². The lowest BCUT2D eigenvalue weighted by Crippen LogP contribution is -2.33. The highest BCUT2D eigenvalue weighted by Gasteiger charge is 2.03. The van der Waals surface area contributed by atoms with Gasteiger partial charge in [0.15, 0.2) is 12.4 Å². The molecule has 132 valence electrons. The van der Waals surface area contributed by atoms with Gasteiger partial charge in [0.25, 0.3) is 0 Å². The van der Waals surface area contributed by atoms with E-state index in [4.69, 9.17) is 0 Å². The van der Waals surface area contributed by atoms with Gasteiger partial charge in [-0.1, -0.05) is 78.1 Å². The standard InChI is InChI=1S/C22H40N/c1-3-5-7-9-10-11-12-13-15-19-23-20-16-18-22(21-23)17-14-8-6-4-2/h16,18,20-21H,3-15,17,19H2,1-2H3/q+1. The molecule has 0 saturated heterocycles. The molecule has 1 rings (SSSR count). The van der Waals surface area contributed by atoms with E-state index in [2.05, 4.69) is 42.9 Å². The Kier molecular flexibility index (Phi) is 12.9. The van der Waals surface area contributed by atoms with E-state index in [1.54, 1.807) is 0 Å². The lowest BCUT2D eigenvalue weighted by Gasteiger charge is -2.03. The molecule has 0 bridgehead atoms. The van der Waals surface area contributed by atoms with Gasteiger partial charge in [0.05, 0.1) is 0 Å². The summed E-state index contributed by atoms with van der Waals surface area (Å²) in [5.74, 6) is 0. The van der Waals surface area contributed by atoms with Crippen LogP contribution in [0.5, 0.6) is 0 Å². The zero-order valence-corrected chi connectivity index (χ0v) is 15.9. The molecule has 1 aromatic rings. The first kappa shape index (κ1) is 20.2. The first-order valence-electron chi connectivity index (χ1n) is 10.3. The van der Waals surface area contributed by atoms with Gasteiger partial charge in [-0.3, -0.25) is 0 Å². The summed E-state index contributed by atoms with van der Waals surface area (Å²) in [6, 6.07) is 4.52. The van der Waals surface area contributed by atoms with E-state index in [9.17, 15) is 0 Å². The SMILES string of the molecule is CCCCCCCCCCC[n+]1cccc(CCCCCC)c1. The summed E-state index contributed by atoms with van der Waals surface area (Å²) < 4.78 is 2.40. The van der Waals surface area contributed by atoms with Gasteiger partial charge in [0.2, 0.25) is 0 Å². The molecule has 0 fully saturated rings. The Morgan fingerprint density at radius 3 is 1.91 bits per heavy atom. The van der Waals surface area contributed by atoms with Crippen LogP contribution in [0.2, 0.25) is 0 Å². The molecule has 0 N–H and O–H groups in total. The molecule has 0 saturated carbocycles. The zero-order valence-electron chi connectivity index (χ0n) is 15.9. The van der Waals surface area contributed by atoms with E-state index in [0.29, 0.717) is 0 Å². The fourth-order valence-corrected chi connectivity index (χ4v) is 3.22. The van der Waals surface area contributed by atoms with E-state index < -0.39 is 0 Å². The van der Waals surface area contributed by atoms with Gasteiger partial charge in [0, 0.05) is 18.1 Å². The van der Waals surface area contributed by atoms with Crippen LogP contribution < -0.4 is 4.57 Å². The molecule has 1 heteroatoms. The molecule has 0 aromatic carbocycles. The summed E-state index contributed by atoms with van der Waals surface area (Å²) in [5, 5.41) is 0. The summed E-state index contributed by atoms with van der Waals surface area (Å²) in [6.45, 7) is 5.76. The summed E-state index contributed by atoms with van der Waals surface area (Å²) in [5.41, 5.74) is 1.51. The second-order valence-electron chi connectivity index (χ2n) is 7.09. The van der Waals surface area contributed by atoms with Crippen molar-refractivity contribution in [2.45, 2.75) is 110 Å². The van der Waals surface area contributed by atoms with Crippen LogP contribution in [0.15, 0.2) is 24.5 Å². The van der Waals surface area contributed by atoms with Crippen LogP contribution in [0.25, 0.3) is 0 Å². The van der Waals surface area contributed by atoms with Crippen LogP contribution >= 0.6 is 0 Å². The van der Waals surface area contributed by atoms with Crippen molar-refractivity contribution in [3.05, 3.63) is 30.1 Å². The normalized spacial score (nSPS) is 11.0. The van der Waals surface area contributed by atoms with Gasteiger partial charge in [-0.15, -0.1) is 0 Å². The minimum atomic E-state index is 1.19. The molecule has 1 heterocycles. The topological polar surface area (TPSA) is 3.88 Å². The molecular formula is C22H40N+. The number of hydrogen-bond donors (Lipinski definition) is 0. The number of rotatable bonds is 15. The number of hydrogen-bond acceptors (Lipinski definition) is 0. The number of pyridine rings is 1. The number of unbranched alkanes of at least 4 members (excludes halogenated alkanes) is 11. The molecule has 0 radical (unpaired) electrons. The minimum absolute atomic E-state index is 1.19. The van der Waals surface area contributed by atoms with Gasteiger partial charge in [-0.05, 0) is 25.3 Å². The molecule has 0 aliphatic carbocycles. The smallest absolute Gasteiger partial charge is 0.171 e. The second kappa shape index (κ2) is 14.7. The molecule has 1 nitrogen and oxygen atoms in total. The van der Waals surface area contributed by atoms with Crippen molar-refractivity contribution in [1.29, 1.82) is 0 Å². The third-order valence-electron chi connectivity index (χ3n) is 4.76. The van der Waals surface area contributed by atoms with Gasteiger partial charge < -0.3 is 0 Å². The molecule has 23 heavy (non-hydrogen) atoms. The van der Waals surface area contributed by atoms with E-state index in [-0.39, 0.29) is 0 Å². The fraction of sp³-hybridized carbons (Fsp3) is 0.773. The Labute approximate surface area is 145 Å². The van der Waals surface area contributed by atoms with E-state index in [1.165, 1.54) is 102 Å². The molecule has 0 atom stereocenters. The molecule has 1 aromatic heterocycles. The van der Waals surface area contributed by atoms with E-state index in [0.717, 1.165) is 0 Å². The number of aryl methyl sites for hydroxylation is 2. The Morgan fingerprint density at radius 2 is 1.26 bits per heavy atom. The summed E-state index contributed by atoms with van der Waals surface area (Å²) >= 11 is 0. The maximum absolute atomic E-state index is 2.40. The van der Waals surface area contributed by atoms with Crippen molar-refractivity contribution in [1.82, 2.24) is 0 Å². The third-order valence-corrected chi connectivity index (χ3v) is 4.76. The highest BCUT2D eigenvalue weighted by molar-refractivity contribution is 5.05. The Hall–Kier alpha value is -0.850. The van der Waals surface area contributed by atoms with E-state index in [1.807, 2.05) is 0 Å². The maximum atomic E-state index is 2.40. The zero-order chi connectivity index (χ0) is 16.6. The summed E-state index contributed by atoms with van der Waals surface area (Å²) in [7, 11) is 0.